The molecule has 1 aliphatic rings. The Morgan fingerprint density at radius 3 is 2.70 bits per heavy atom. The highest BCUT2D eigenvalue weighted by Crippen LogP contribution is 2.32. The Labute approximate surface area is 155 Å². The molecule has 1 heterocycles. The summed E-state index contributed by atoms with van der Waals surface area (Å²) >= 11 is 0. The first-order chi connectivity index (χ1) is 12.9. The van der Waals surface area contributed by atoms with Crippen molar-refractivity contribution in [3.05, 3.63) is 63.7 Å². The fourth-order valence-corrected chi connectivity index (χ4v) is 3.19. The van der Waals surface area contributed by atoms with Gasteiger partial charge in [-0.1, -0.05) is 18.2 Å². The highest BCUT2D eigenvalue weighted by Gasteiger charge is 2.31. The van der Waals surface area contributed by atoms with E-state index in [1.165, 1.54) is 19.2 Å². The largest absolute Gasteiger partial charge is 0.490 e. The highest BCUT2D eigenvalue weighted by molar-refractivity contribution is 5.99. The van der Waals surface area contributed by atoms with Gasteiger partial charge in [0.25, 0.3) is 5.91 Å². The number of nitro benzene ring substituents is 1. The molecule has 2 aromatic rings. The molecule has 0 radical (unpaired) electrons. The number of rotatable bonds is 5. The molecular formula is C19H18N2O6. The summed E-state index contributed by atoms with van der Waals surface area (Å²) in [6.07, 6.45) is 0.737. The van der Waals surface area contributed by atoms with E-state index in [0.29, 0.717) is 0 Å². The maximum Gasteiger partial charge on any atom is 0.338 e. The zero-order valence-electron chi connectivity index (χ0n) is 14.9. The first kappa shape index (κ1) is 18.4. The summed E-state index contributed by atoms with van der Waals surface area (Å²) in [6, 6.07) is 11.3. The van der Waals surface area contributed by atoms with Gasteiger partial charge < -0.3 is 14.4 Å². The lowest BCUT2D eigenvalue weighted by atomic mass is 10.1. The number of fused-ring (bicyclic) bond motifs is 1. The summed E-state index contributed by atoms with van der Waals surface area (Å²) in [4.78, 5) is 36.8. The maximum atomic E-state index is 12.6. The van der Waals surface area contributed by atoms with Gasteiger partial charge in [0.1, 0.15) is 0 Å². The number of anilines is 1. The standard InChI is InChI=1S/C19H18N2O6/c1-12-9-13-5-3-4-6-15(13)20(12)18(22)11-27-19(23)14-7-8-17(26-2)16(10-14)21(24)25/h3-8,10,12H,9,11H2,1-2H3/t12-/m1/s1. The summed E-state index contributed by atoms with van der Waals surface area (Å²) in [7, 11) is 1.30. The SMILES string of the molecule is COc1ccc(C(=O)OCC(=O)N2c3ccccc3C[C@H]2C)cc1[N+](=O)[O-]. The number of ether oxygens (including phenoxy) is 2. The zero-order chi connectivity index (χ0) is 19.6. The van der Waals surface area contributed by atoms with Gasteiger partial charge in [0.15, 0.2) is 12.4 Å². The van der Waals surface area contributed by atoms with Gasteiger partial charge >= 0.3 is 11.7 Å². The summed E-state index contributed by atoms with van der Waals surface area (Å²) in [6.45, 7) is 1.48. The van der Waals surface area contributed by atoms with E-state index in [2.05, 4.69) is 0 Å². The predicted molar refractivity (Wildman–Crippen MR) is 97.0 cm³/mol. The minimum Gasteiger partial charge on any atom is -0.490 e. The lowest BCUT2D eigenvalue weighted by molar-refractivity contribution is -0.385. The van der Waals surface area contributed by atoms with Gasteiger partial charge in [0.05, 0.1) is 17.6 Å². The van der Waals surface area contributed by atoms with Crippen LogP contribution in [0, 0.1) is 10.1 Å². The third-order valence-corrected chi connectivity index (χ3v) is 4.41. The van der Waals surface area contributed by atoms with E-state index in [-0.39, 0.29) is 28.9 Å². The van der Waals surface area contributed by atoms with Crippen LogP contribution in [0.2, 0.25) is 0 Å². The van der Waals surface area contributed by atoms with Crippen LogP contribution in [0.25, 0.3) is 0 Å². The lowest BCUT2D eigenvalue weighted by Gasteiger charge is -2.22. The summed E-state index contributed by atoms with van der Waals surface area (Å²) in [5.41, 5.74) is 1.51. The topological polar surface area (TPSA) is 99.0 Å². The van der Waals surface area contributed by atoms with Gasteiger partial charge in [0, 0.05) is 17.8 Å². The van der Waals surface area contributed by atoms with Crippen molar-refractivity contribution in [2.75, 3.05) is 18.6 Å². The van der Waals surface area contributed by atoms with Crippen LogP contribution in [0.5, 0.6) is 5.75 Å². The number of esters is 1. The molecule has 27 heavy (non-hydrogen) atoms. The third kappa shape index (κ3) is 3.59. The van der Waals surface area contributed by atoms with Crippen LogP contribution in [-0.4, -0.2) is 36.6 Å². The molecule has 0 saturated heterocycles. The second-order valence-electron chi connectivity index (χ2n) is 6.17. The normalized spacial score (nSPS) is 15.2. The molecule has 1 amide bonds. The van der Waals surface area contributed by atoms with E-state index >= 15 is 0 Å². The van der Waals surface area contributed by atoms with Crippen LogP contribution in [0.4, 0.5) is 11.4 Å². The van der Waals surface area contributed by atoms with E-state index in [4.69, 9.17) is 9.47 Å². The number of nitrogens with zero attached hydrogens (tertiary/aromatic N) is 2. The fraction of sp³-hybridized carbons (Fsp3) is 0.263. The first-order valence-electron chi connectivity index (χ1n) is 8.32. The Bertz CT molecular complexity index is 911. The molecule has 3 rings (SSSR count). The van der Waals surface area contributed by atoms with Gasteiger partial charge in [-0.05, 0) is 37.1 Å². The van der Waals surface area contributed by atoms with Gasteiger partial charge in [-0.15, -0.1) is 0 Å². The van der Waals surface area contributed by atoms with Gasteiger partial charge in [-0.25, -0.2) is 4.79 Å². The fourth-order valence-electron chi connectivity index (χ4n) is 3.19. The van der Waals surface area contributed by atoms with Crippen LogP contribution in [-0.2, 0) is 16.0 Å². The van der Waals surface area contributed by atoms with Crippen molar-refractivity contribution in [2.45, 2.75) is 19.4 Å². The number of carbonyl (C=O) groups excluding carboxylic acids is 2. The average Bonchev–Trinajstić information content (AvgIpc) is 3.00. The van der Waals surface area contributed by atoms with E-state index in [1.54, 1.807) is 4.90 Å². The monoisotopic (exact) mass is 370 g/mol. The third-order valence-electron chi connectivity index (χ3n) is 4.41. The Morgan fingerprint density at radius 2 is 2.00 bits per heavy atom. The predicted octanol–water partition coefficient (Wildman–Crippen LogP) is 2.74. The highest BCUT2D eigenvalue weighted by atomic mass is 16.6. The van der Waals surface area contributed by atoms with Gasteiger partial charge in [-0.2, -0.15) is 0 Å². The van der Waals surface area contributed by atoms with Gasteiger partial charge in [0.2, 0.25) is 0 Å². The van der Waals surface area contributed by atoms with Crippen LogP contribution in [0.15, 0.2) is 42.5 Å². The Kier molecular flexibility index (Phi) is 5.07. The second-order valence-corrected chi connectivity index (χ2v) is 6.17. The zero-order valence-corrected chi connectivity index (χ0v) is 14.9. The molecule has 0 N–H and O–H groups in total. The molecule has 140 valence electrons. The van der Waals surface area contributed by atoms with Crippen molar-refractivity contribution in [3.63, 3.8) is 0 Å². The van der Waals surface area contributed by atoms with Crippen LogP contribution >= 0.6 is 0 Å². The molecule has 1 atom stereocenters. The minimum atomic E-state index is -0.811. The van der Waals surface area contributed by atoms with Crippen molar-refractivity contribution in [2.24, 2.45) is 0 Å². The number of methoxy groups -OCH3 is 1. The average molecular weight is 370 g/mol. The van der Waals surface area contributed by atoms with Crippen LogP contribution in [0.3, 0.4) is 0 Å². The Morgan fingerprint density at radius 1 is 1.26 bits per heavy atom. The van der Waals surface area contributed by atoms with E-state index in [0.717, 1.165) is 23.7 Å². The van der Waals surface area contributed by atoms with Crippen molar-refractivity contribution >= 4 is 23.3 Å². The smallest absolute Gasteiger partial charge is 0.338 e. The van der Waals surface area contributed by atoms with Crippen molar-refractivity contribution in [3.8, 4) is 5.75 Å². The molecule has 0 unspecified atom stereocenters. The number of amides is 1. The molecule has 8 heteroatoms. The Hall–Kier alpha value is -3.42. The molecule has 0 bridgehead atoms. The molecule has 8 nitrogen and oxygen atoms in total. The number of benzene rings is 2. The number of carbonyl (C=O) groups is 2. The quantitative estimate of drug-likeness (QED) is 0.456. The van der Waals surface area contributed by atoms with Crippen molar-refractivity contribution < 1.29 is 24.0 Å². The van der Waals surface area contributed by atoms with Crippen molar-refractivity contribution in [1.29, 1.82) is 0 Å². The number of hydrogen-bond donors (Lipinski definition) is 0. The molecule has 0 saturated carbocycles. The molecule has 0 spiro atoms. The van der Waals surface area contributed by atoms with E-state index < -0.39 is 17.5 Å². The molecule has 2 aromatic carbocycles. The molecule has 0 aliphatic carbocycles. The van der Waals surface area contributed by atoms with Crippen LogP contribution < -0.4 is 9.64 Å². The first-order valence-corrected chi connectivity index (χ1v) is 8.32. The minimum absolute atomic E-state index is 0.0230. The molecule has 1 aliphatic heterocycles. The molecular weight excluding hydrogens is 352 g/mol. The molecule has 0 aromatic heterocycles. The summed E-state index contributed by atoms with van der Waals surface area (Å²) in [5.74, 6) is -1.12. The Balaban J connectivity index is 1.70. The van der Waals surface area contributed by atoms with E-state index in [1.807, 2.05) is 31.2 Å². The number of nitro groups is 1. The van der Waals surface area contributed by atoms with E-state index in [9.17, 15) is 19.7 Å². The number of hydrogen-bond acceptors (Lipinski definition) is 6. The van der Waals surface area contributed by atoms with Gasteiger partial charge in [-0.3, -0.25) is 14.9 Å². The van der Waals surface area contributed by atoms with Crippen molar-refractivity contribution in [1.82, 2.24) is 0 Å². The van der Waals surface area contributed by atoms with Crippen LogP contribution in [0.1, 0.15) is 22.8 Å². The lowest BCUT2D eigenvalue weighted by Crippen LogP contribution is -2.38. The summed E-state index contributed by atoms with van der Waals surface area (Å²) in [5, 5.41) is 11.1. The summed E-state index contributed by atoms with van der Waals surface area (Å²) < 4.78 is 9.98. The maximum absolute atomic E-state index is 12.6. The second kappa shape index (κ2) is 7.45. The molecule has 0 fully saturated rings. The number of para-hydroxylation sites is 1.